The zero-order valence-corrected chi connectivity index (χ0v) is 13.7. The third-order valence-electron chi connectivity index (χ3n) is 3.45. The predicted molar refractivity (Wildman–Crippen MR) is 81.1 cm³/mol. The van der Waals surface area contributed by atoms with E-state index in [4.69, 9.17) is 0 Å². The topological polar surface area (TPSA) is 29.9 Å². The van der Waals surface area contributed by atoms with E-state index in [0.29, 0.717) is 6.04 Å². The van der Waals surface area contributed by atoms with Gasteiger partial charge in [0, 0.05) is 19.0 Å². The highest BCUT2D eigenvalue weighted by Crippen LogP contribution is 2.24. The van der Waals surface area contributed by atoms with Gasteiger partial charge in [0.05, 0.1) is 15.9 Å². The van der Waals surface area contributed by atoms with E-state index in [2.05, 4.69) is 58.8 Å². The van der Waals surface area contributed by atoms with Crippen LogP contribution in [-0.2, 0) is 19.4 Å². The second-order valence-corrected chi connectivity index (χ2v) is 5.50. The smallest absolute Gasteiger partial charge is 0.0766 e. The van der Waals surface area contributed by atoms with Gasteiger partial charge in [0.15, 0.2) is 0 Å². The molecule has 0 aliphatic rings. The fourth-order valence-corrected chi connectivity index (χ4v) is 2.97. The van der Waals surface area contributed by atoms with Crippen molar-refractivity contribution in [2.45, 2.75) is 65.5 Å². The van der Waals surface area contributed by atoms with E-state index in [-0.39, 0.29) is 0 Å². The van der Waals surface area contributed by atoms with Crippen LogP contribution in [0.1, 0.15) is 51.4 Å². The van der Waals surface area contributed by atoms with Crippen molar-refractivity contribution < 1.29 is 0 Å². The summed E-state index contributed by atoms with van der Waals surface area (Å²) in [6.07, 6.45) is 5.81. The molecule has 0 spiro atoms. The van der Waals surface area contributed by atoms with Gasteiger partial charge in [-0.25, -0.2) is 0 Å². The fraction of sp³-hybridized carbons (Fsp3) is 0.786. The first-order chi connectivity index (χ1) is 8.67. The summed E-state index contributed by atoms with van der Waals surface area (Å²) in [5, 5.41) is 8.09. The Morgan fingerprint density at radius 3 is 2.56 bits per heavy atom. The third-order valence-corrected chi connectivity index (χ3v) is 4.36. The van der Waals surface area contributed by atoms with Crippen molar-refractivity contribution in [1.29, 1.82) is 0 Å². The quantitative estimate of drug-likeness (QED) is 0.795. The minimum Gasteiger partial charge on any atom is -0.317 e. The summed E-state index contributed by atoms with van der Waals surface area (Å²) in [7, 11) is 2.06. The molecule has 0 radical (unpaired) electrons. The van der Waals surface area contributed by atoms with Crippen LogP contribution in [0.3, 0.4) is 0 Å². The molecule has 18 heavy (non-hydrogen) atoms. The van der Waals surface area contributed by atoms with Gasteiger partial charge in [-0.15, -0.1) is 0 Å². The third kappa shape index (κ3) is 3.82. The van der Waals surface area contributed by atoms with Crippen molar-refractivity contribution in [2.24, 2.45) is 0 Å². The molecule has 4 heteroatoms. The van der Waals surface area contributed by atoms with E-state index in [9.17, 15) is 0 Å². The highest BCUT2D eigenvalue weighted by atomic mass is 79.9. The molecule has 0 saturated heterocycles. The average molecular weight is 316 g/mol. The summed E-state index contributed by atoms with van der Waals surface area (Å²) in [5.41, 5.74) is 2.52. The van der Waals surface area contributed by atoms with Gasteiger partial charge in [0.1, 0.15) is 0 Å². The minimum atomic E-state index is 0.549. The highest BCUT2D eigenvalue weighted by molar-refractivity contribution is 9.10. The summed E-state index contributed by atoms with van der Waals surface area (Å²) >= 11 is 3.72. The van der Waals surface area contributed by atoms with Crippen LogP contribution in [0, 0.1) is 0 Å². The number of unbranched alkanes of at least 4 members (excludes halogenated alkanes) is 1. The van der Waals surface area contributed by atoms with E-state index in [1.807, 2.05) is 0 Å². The first-order valence-electron chi connectivity index (χ1n) is 7.09. The molecule has 1 rings (SSSR count). The van der Waals surface area contributed by atoms with Crippen LogP contribution in [0.25, 0.3) is 0 Å². The Labute approximate surface area is 119 Å². The Balaban J connectivity index is 2.83. The number of aryl methyl sites for hydroxylation is 2. The first kappa shape index (κ1) is 15.7. The summed E-state index contributed by atoms with van der Waals surface area (Å²) in [6.45, 7) is 7.50. The standard InChI is InChI=1S/C14H26BrN3/c1-5-8-9-11(16-4)10-13-14(15)12(6-2)17-18(13)7-3/h11,16H,5-10H2,1-4H3. The number of rotatable bonds is 8. The molecule has 1 aromatic heterocycles. The maximum atomic E-state index is 4.66. The molecule has 104 valence electrons. The maximum Gasteiger partial charge on any atom is 0.0766 e. The highest BCUT2D eigenvalue weighted by Gasteiger charge is 2.17. The molecule has 1 unspecified atom stereocenters. The van der Waals surface area contributed by atoms with Crippen molar-refractivity contribution in [3.05, 3.63) is 15.9 Å². The largest absolute Gasteiger partial charge is 0.317 e. The maximum absolute atomic E-state index is 4.66. The van der Waals surface area contributed by atoms with Crippen LogP contribution in [0.15, 0.2) is 4.47 Å². The second-order valence-electron chi connectivity index (χ2n) is 4.71. The monoisotopic (exact) mass is 315 g/mol. The molecule has 3 nitrogen and oxygen atoms in total. The zero-order chi connectivity index (χ0) is 13.5. The molecule has 0 saturated carbocycles. The summed E-state index contributed by atoms with van der Waals surface area (Å²) in [4.78, 5) is 0. The van der Waals surface area contributed by atoms with Crippen molar-refractivity contribution in [3.8, 4) is 0 Å². The second kappa shape index (κ2) is 7.95. The predicted octanol–water partition coefficient (Wildman–Crippen LogP) is 3.55. The zero-order valence-electron chi connectivity index (χ0n) is 12.1. The summed E-state index contributed by atoms with van der Waals surface area (Å²) in [6, 6.07) is 0.549. The lowest BCUT2D eigenvalue weighted by Crippen LogP contribution is -2.28. The van der Waals surface area contributed by atoms with Gasteiger partial charge in [-0.1, -0.05) is 26.7 Å². The molecule has 0 fully saturated rings. The van der Waals surface area contributed by atoms with Crippen LogP contribution >= 0.6 is 15.9 Å². The molecular formula is C14H26BrN3. The number of aromatic nitrogens is 2. The van der Waals surface area contributed by atoms with Gasteiger partial charge in [-0.3, -0.25) is 4.68 Å². The Kier molecular flexibility index (Phi) is 6.94. The van der Waals surface area contributed by atoms with Gasteiger partial charge in [0.25, 0.3) is 0 Å². The molecule has 1 aromatic rings. The van der Waals surface area contributed by atoms with Crippen LogP contribution in [0.2, 0.25) is 0 Å². The van der Waals surface area contributed by atoms with Crippen LogP contribution in [0.4, 0.5) is 0 Å². The van der Waals surface area contributed by atoms with E-state index >= 15 is 0 Å². The lowest BCUT2D eigenvalue weighted by Gasteiger charge is -2.16. The number of nitrogens with one attached hydrogen (secondary N) is 1. The van der Waals surface area contributed by atoms with Crippen molar-refractivity contribution in [1.82, 2.24) is 15.1 Å². The van der Waals surface area contributed by atoms with E-state index < -0.39 is 0 Å². The van der Waals surface area contributed by atoms with Crippen molar-refractivity contribution in [2.75, 3.05) is 7.05 Å². The minimum absolute atomic E-state index is 0.549. The lowest BCUT2D eigenvalue weighted by molar-refractivity contribution is 0.477. The van der Waals surface area contributed by atoms with E-state index in [1.165, 1.54) is 35.1 Å². The normalized spacial score (nSPS) is 12.9. The van der Waals surface area contributed by atoms with E-state index in [1.54, 1.807) is 0 Å². The van der Waals surface area contributed by atoms with Gasteiger partial charge in [-0.05, 0) is 42.7 Å². The molecule has 0 aliphatic heterocycles. The number of hydrogen-bond donors (Lipinski definition) is 1. The molecular weight excluding hydrogens is 290 g/mol. The Bertz CT molecular complexity index is 360. The SMILES string of the molecule is CCCCC(Cc1c(Br)c(CC)nn1CC)NC. The average Bonchev–Trinajstić information content (AvgIpc) is 2.70. The van der Waals surface area contributed by atoms with Gasteiger partial charge in [0.2, 0.25) is 0 Å². The Morgan fingerprint density at radius 1 is 1.33 bits per heavy atom. The molecule has 0 bridgehead atoms. The van der Waals surface area contributed by atoms with Gasteiger partial charge in [-0.2, -0.15) is 5.10 Å². The van der Waals surface area contributed by atoms with Crippen LogP contribution < -0.4 is 5.32 Å². The van der Waals surface area contributed by atoms with Gasteiger partial charge < -0.3 is 5.32 Å². The Hall–Kier alpha value is -0.350. The van der Waals surface area contributed by atoms with Crippen molar-refractivity contribution in [3.63, 3.8) is 0 Å². The number of likely N-dealkylation sites (N-methyl/N-ethyl adjacent to an activating group) is 1. The van der Waals surface area contributed by atoms with Crippen molar-refractivity contribution >= 4 is 15.9 Å². The first-order valence-corrected chi connectivity index (χ1v) is 7.88. The van der Waals surface area contributed by atoms with E-state index in [0.717, 1.165) is 19.4 Å². The Morgan fingerprint density at radius 2 is 2.06 bits per heavy atom. The molecule has 0 amide bonds. The summed E-state index contributed by atoms with van der Waals surface area (Å²) < 4.78 is 3.35. The van der Waals surface area contributed by atoms with Gasteiger partial charge >= 0.3 is 0 Å². The molecule has 0 aromatic carbocycles. The molecule has 1 atom stereocenters. The molecule has 1 N–H and O–H groups in total. The summed E-state index contributed by atoms with van der Waals surface area (Å²) in [5.74, 6) is 0. The van der Waals surface area contributed by atoms with Crippen LogP contribution in [0.5, 0.6) is 0 Å². The number of nitrogens with zero attached hydrogens (tertiary/aromatic N) is 2. The number of hydrogen-bond acceptors (Lipinski definition) is 2. The lowest BCUT2D eigenvalue weighted by atomic mass is 10.0. The number of halogens is 1. The molecule has 0 aliphatic carbocycles. The molecule has 1 heterocycles. The van der Waals surface area contributed by atoms with Crippen LogP contribution in [-0.4, -0.2) is 22.9 Å². The fourth-order valence-electron chi connectivity index (χ4n) is 2.24.